The van der Waals surface area contributed by atoms with Gasteiger partial charge in [-0.3, -0.25) is 9.69 Å². The second-order valence-corrected chi connectivity index (χ2v) is 6.44. The topological polar surface area (TPSA) is 23.6 Å². The molecule has 1 aromatic carbocycles. The lowest BCUT2D eigenvalue weighted by atomic mass is 10.0. The molecule has 1 heterocycles. The first kappa shape index (κ1) is 15.2. The molecule has 0 aliphatic carbocycles. The van der Waals surface area contributed by atoms with Gasteiger partial charge in [-0.1, -0.05) is 30.7 Å². The average Bonchev–Trinajstić information content (AvgIpc) is 2.70. The molecule has 1 fully saturated rings. The van der Waals surface area contributed by atoms with Gasteiger partial charge in [0.05, 0.1) is 6.54 Å². The van der Waals surface area contributed by atoms with Crippen LogP contribution in [-0.2, 0) is 0 Å². The van der Waals surface area contributed by atoms with E-state index in [1.165, 1.54) is 5.56 Å². The number of benzene rings is 1. The summed E-state index contributed by atoms with van der Waals surface area (Å²) < 4.78 is 0. The minimum absolute atomic E-state index is 0.245. The van der Waals surface area contributed by atoms with Crippen molar-refractivity contribution in [2.45, 2.75) is 26.8 Å². The Morgan fingerprint density at radius 1 is 1.30 bits per heavy atom. The molecule has 20 heavy (non-hydrogen) atoms. The van der Waals surface area contributed by atoms with Crippen molar-refractivity contribution >= 4 is 5.78 Å². The number of carbonyl (C=O) groups excluding carboxylic acids is 1. The molecule has 1 aliphatic rings. The molecular formula is C17H26N2O. The Kier molecular flexibility index (Phi) is 4.61. The van der Waals surface area contributed by atoms with E-state index in [1.54, 1.807) is 0 Å². The minimum Gasteiger partial charge on any atom is -0.305 e. The van der Waals surface area contributed by atoms with E-state index in [-0.39, 0.29) is 5.78 Å². The summed E-state index contributed by atoms with van der Waals surface area (Å²) in [4.78, 5) is 17.0. The van der Waals surface area contributed by atoms with Crippen LogP contribution in [-0.4, -0.2) is 55.4 Å². The molecule has 3 heteroatoms. The number of hydrogen-bond acceptors (Lipinski definition) is 3. The molecule has 0 amide bonds. The van der Waals surface area contributed by atoms with Gasteiger partial charge in [0.15, 0.2) is 5.78 Å². The number of likely N-dealkylation sites (N-methyl/N-ethyl adjacent to an activating group) is 1. The Hall–Kier alpha value is -1.19. The SMILES string of the molecule is Cc1ccc(C(=O)CN2CC(C)C(N(C)C)C2)c(C)c1. The van der Waals surface area contributed by atoms with E-state index in [9.17, 15) is 4.79 Å². The molecule has 0 N–H and O–H groups in total. The summed E-state index contributed by atoms with van der Waals surface area (Å²) in [7, 11) is 4.24. The largest absolute Gasteiger partial charge is 0.305 e. The Morgan fingerprint density at radius 3 is 2.55 bits per heavy atom. The van der Waals surface area contributed by atoms with Gasteiger partial charge in [-0.25, -0.2) is 0 Å². The quantitative estimate of drug-likeness (QED) is 0.788. The zero-order valence-electron chi connectivity index (χ0n) is 13.3. The van der Waals surface area contributed by atoms with Crippen molar-refractivity contribution in [2.75, 3.05) is 33.7 Å². The summed E-state index contributed by atoms with van der Waals surface area (Å²) in [5.41, 5.74) is 3.17. The molecule has 2 atom stereocenters. The van der Waals surface area contributed by atoms with Crippen LogP contribution in [0.4, 0.5) is 0 Å². The van der Waals surface area contributed by atoms with Crippen LogP contribution in [0.25, 0.3) is 0 Å². The Balaban J connectivity index is 2.02. The van der Waals surface area contributed by atoms with Crippen LogP contribution in [0.1, 0.15) is 28.4 Å². The third-order valence-corrected chi connectivity index (χ3v) is 4.36. The van der Waals surface area contributed by atoms with Crippen LogP contribution in [0, 0.1) is 19.8 Å². The minimum atomic E-state index is 0.245. The van der Waals surface area contributed by atoms with Crippen molar-refractivity contribution in [3.05, 3.63) is 34.9 Å². The van der Waals surface area contributed by atoms with Gasteiger partial charge >= 0.3 is 0 Å². The summed E-state index contributed by atoms with van der Waals surface area (Å²) in [6.45, 7) is 8.90. The molecule has 0 aromatic heterocycles. The van der Waals surface area contributed by atoms with Gasteiger partial charge in [0.2, 0.25) is 0 Å². The number of likely N-dealkylation sites (tertiary alicyclic amines) is 1. The van der Waals surface area contributed by atoms with Crippen molar-refractivity contribution in [1.82, 2.24) is 9.80 Å². The zero-order valence-corrected chi connectivity index (χ0v) is 13.3. The summed E-state index contributed by atoms with van der Waals surface area (Å²) in [6.07, 6.45) is 0. The number of carbonyl (C=O) groups is 1. The van der Waals surface area contributed by atoms with Gasteiger partial charge in [0.1, 0.15) is 0 Å². The van der Waals surface area contributed by atoms with Crippen molar-refractivity contribution < 1.29 is 4.79 Å². The van der Waals surface area contributed by atoms with E-state index in [1.807, 2.05) is 19.1 Å². The third kappa shape index (κ3) is 3.28. The van der Waals surface area contributed by atoms with Gasteiger partial charge < -0.3 is 4.90 Å². The van der Waals surface area contributed by atoms with Crippen molar-refractivity contribution in [3.8, 4) is 0 Å². The zero-order chi connectivity index (χ0) is 14.9. The summed E-state index contributed by atoms with van der Waals surface area (Å²) in [5, 5.41) is 0. The monoisotopic (exact) mass is 274 g/mol. The lowest BCUT2D eigenvalue weighted by molar-refractivity contribution is 0.0940. The lowest BCUT2D eigenvalue weighted by Gasteiger charge is -2.22. The molecule has 0 saturated carbocycles. The number of rotatable bonds is 4. The molecule has 0 radical (unpaired) electrons. The van der Waals surface area contributed by atoms with Gasteiger partial charge in [0.25, 0.3) is 0 Å². The molecule has 1 saturated heterocycles. The highest BCUT2D eigenvalue weighted by atomic mass is 16.1. The van der Waals surface area contributed by atoms with E-state index in [2.05, 4.69) is 43.8 Å². The lowest BCUT2D eigenvalue weighted by Crippen LogP contribution is -2.35. The maximum absolute atomic E-state index is 12.5. The molecule has 0 bridgehead atoms. The maximum Gasteiger partial charge on any atom is 0.177 e. The van der Waals surface area contributed by atoms with E-state index >= 15 is 0 Å². The average molecular weight is 274 g/mol. The number of nitrogens with zero attached hydrogens (tertiary/aromatic N) is 2. The van der Waals surface area contributed by atoms with Crippen LogP contribution in [0.5, 0.6) is 0 Å². The van der Waals surface area contributed by atoms with Gasteiger partial charge in [-0.15, -0.1) is 0 Å². The van der Waals surface area contributed by atoms with Crippen LogP contribution < -0.4 is 0 Å². The fourth-order valence-electron chi connectivity index (χ4n) is 3.26. The second kappa shape index (κ2) is 6.06. The first-order valence-corrected chi connectivity index (χ1v) is 7.37. The van der Waals surface area contributed by atoms with E-state index < -0.39 is 0 Å². The van der Waals surface area contributed by atoms with Crippen LogP contribution >= 0.6 is 0 Å². The van der Waals surface area contributed by atoms with Crippen LogP contribution in [0.2, 0.25) is 0 Å². The van der Waals surface area contributed by atoms with Crippen LogP contribution in [0.15, 0.2) is 18.2 Å². The summed E-state index contributed by atoms with van der Waals surface area (Å²) in [6, 6.07) is 6.63. The Morgan fingerprint density at radius 2 is 2.00 bits per heavy atom. The molecule has 110 valence electrons. The van der Waals surface area contributed by atoms with Gasteiger partial charge in [0, 0.05) is 24.7 Å². The summed E-state index contributed by atoms with van der Waals surface area (Å²) >= 11 is 0. The van der Waals surface area contributed by atoms with Crippen molar-refractivity contribution in [3.63, 3.8) is 0 Å². The first-order valence-electron chi connectivity index (χ1n) is 7.37. The van der Waals surface area contributed by atoms with Gasteiger partial charge in [-0.05, 0) is 39.4 Å². The standard InChI is InChI=1S/C17H26N2O/c1-12-6-7-15(13(2)8-12)17(20)11-19-9-14(3)16(10-19)18(4)5/h6-8,14,16H,9-11H2,1-5H3. The number of ketones is 1. The fourth-order valence-corrected chi connectivity index (χ4v) is 3.26. The van der Waals surface area contributed by atoms with Crippen LogP contribution in [0.3, 0.4) is 0 Å². The molecule has 2 unspecified atom stereocenters. The Bertz CT molecular complexity index is 496. The molecular weight excluding hydrogens is 248 g/mol. The highest BCUT2D eigenvalue weighted by molar-refractivity contribution is 5.99. The number of aryl methyl sites for hydroxylation is 2. The smallest absolute Gasteiger partial charge is 0.177 e. The van der Waals surface area contributed by atoms with E-state index in [0.29, 0.717) is 18.5 Å². The van der Waals surface area contributed by atoms with E-state index in [0.717, 1.165) is 24.2 Å². The second-order valence-electron chi connectivity index (χ2n) is 6.44. The first-order chi connectivity index (χ1) is 9.38. The number of hydrogen-bond donors (Lipinski definition) is 0. The molecule has 2 rings (SSSR count). The molecule has 1 aromatic rings. The predicted molar refractivity (Wildman–Crippen MR) is 83.3 cm³/mol. The maximum atomic E-state index is 12.5. The van der Waals surface area contributed by atoms with Gasteiger partial charge in [-0.2, -0.15) is 0 Å². The molecule has 1 aliphatic heterocycles. The molecule has 3 nitrogen and oxygen atoms in total. The highest BCUT2D eigenvalue weighted by Gasteiger charge is 2.31. The Labute approximate surface area is 122 Å². The fraction of sp³-hybridized carbons (Fsp3) is 0.588. The molecule has 0 spiro atoms. The third-order valence-electron chi connectivity index (χ3n) is 4.36. The van der Waals surface area contributed by atoms with Crippen molar-refractivity contribution in [1.29, 1.82) is 0 Å². The van der Waals surface area contributed by atoms with E-state index in [4.69, 9.17) is 0 Å². The normalized spacial score (nSPS) is 23.5. The predicted octanol–water partition coefficient (Wildman–Crippen LogP) is 2.37. The number of Topliss-reactive ketones (excluding diaryl/α,β-unsaturated/α-hetero) is 1. The highest BCUT2D eigenvalue weighted by Crippen LogP contribution is 2.20. The summed E-state index contributed by atoms with van der Waals surface area (Å²) in [5.74, 6) is 0.867. The van der Waals surface area contributed by atoms with Crippen molar-refractivity contribution in [2.24, 2.45) is 5.92 Å².